The Bertz CT molecular complexity index is 943. The van der Waals surface area contributed by atoms with Gasteiger partial charge in [-0.2, -0.15) is 0 Å². The van der Waals surface area contributed by atoms with Gasteiger partial charge in [-0.25, -0.2) is 0 Å². The molecule has 0 unspecified atom stereocenters. The summed E-state index contributed by atoms with van der Waals surface area (Å²) in [5, 5.41) is 2.19. The minimum absolute atomic E-state index is 0.591. The summed E-state index contributed by atoms with van der Waals surface area (Å²) in [5.74, 6) is 0. The molecule has 1 nitrogen and oxygen atoms in total. The highest BCUT2D eigenvalue weighted by atomic mass is 35.5. The summed E-state index contributed by atoms with van der Waals surface area (Å²) in [5.41, 5.74) is 2.29. The standard InChI is InChI=1S/C15H8Cl2NS/c16-10-6-7-11-9(15(10)17)5-8-14-18(11)12-3-1-2-4-13(12)19-14/h1-8H/q+1. The first-order valence-electron chi connectivity index (χ1n) is 5.86. The van der Waals surface area contributed by atoms with E-state index in [9.17, 15) is 0 Å². The topological polar surface area (TPSA) is 4.10 Å². The first kappa shape index (κ1) is 11.5. The molecule has 0 saturated heterocycles. The van der Waals surface area contributed by atoms with E-state index >= 15 is 0 Å². The number of aromatic nitrogens is 1. The average Bonchev–Trinajstić information content (AvgIpc) is 2.81. The van der Waals surface area contributed by atoms with Gasteiger partial charge in [0.25, 0.3) is 4.83 Å². The number of pyridine rings is 1. The molecule has 0 atom stereocenters. The van der Waals surface area contributed by atoms with Gasteiger partial charge < -0.3 is 0 Å². The van der Waals surface area contributed by atoms with Gasteiger partial charge in [0.2, 0.25) is 11.0 Å². The molecule has 0 spiro atoms. The molecule has 0 N–H and O–H groups in total. The lowest BCUT2D eigenvalue weighted by Gasteiger charge is -1.99. The largest absolute Gasteiger partial charge is 0.268 e. The summed E-state index contributed by atoms with van der Waals surface area (Å²) in [6.07, 6.45) is 0. The Balaban J connectivity index is 2.33. The molecule has 0 amide bonds. The Labute approximate surface area is 123 Å². The summed E-state index contributed by atoms with van der Waals surface area (Å²) >= 11 is 14.2. The van der Waals surface area contributed by atoms with E-state index in [2.05, 4.69) is 34.7 Å². The number of nitrogens with zero attached hydrogens (tertiary/aromatic N) is 1. The lowest BCUT2D eigenvalue weighted by molar-refractivity contribution is -0.446. The molecule has 4 aromatic rings. The molecule has 19 heavy (non-hydrogen) atoms. The Morgan fingerprint density at radius 3 is 2.58 bits per heavy atom. The molecule has 2 aromatic carbocycles. The van der Waals surface area contributed by atoms with Crippen molar-refractivity contribution in [1.82, 2.24) is 0 Å². The molecule has 0 aliphatic heterocycles. The normalized spacial score (nSPS) is 11.7. The van der Waals surface area contributed by atoms with Gasteiger partial charge >= 0.3 is 0 Å². The van der Waals surface area contributed by atoms with E-state index < -0.39 is 0 Å². The molecular formula is C15H8Cl2NS+. The first-order chi connectivity index (χ1) is 9.25. The number of hydrogen-bond donors (Lipinski definition) is 0. The second-order valence-corrected chi connectivity index (χ2v) is 6.22. The van der Waals surface area contributed by atoms with Crippen LogP contribution in [0.1, 0.15) is 0 Å². The van der Waals surface area contributed by atoms with Crippen LogP contribution in [0.3, 0.4) is 0 Å². The zero-order valence-electron chi connectivity index (χ0n) is 9.73. The molecule has 0 radical (unpaired) electrons. The zero-order chi connectivity index (χ0) is 13.0. The van der Waals surface area contributed by atoms with Crippen LogP contribution in [-0.2, 0) is 0 Å². The summed E-state index contributed by atoms with van der Waals surface area (Å²) in [4.78, 5) is 1.20. The predicted molar refractivity (Wildman–Crippen MR) is 82.5 cm³/mol. The van der Waals surface area contributed by atoms with Crippen LogP contribution < -0.4 is 4.40 Å². The molecule has 0 fully saturated rings. The van der Waals surface area contributed by atoms with Gasteiger partial charge in [-0.05, 0) is 18.2 Å². The van der Waals surface area contributed by atoms with Crippen molar-refractivity contribution in [2.45, 2.75) is 0 Å². The van der Waals surface area contributed by atoms with Crippen molar-refractivity contribution >= 4 is 60.5 Å². The molecule has 2 aromatic heterocycles. The molecular weight excluding hydrogens is 297 g/mol. The highest BCUT2D eigenvalue weighted by Crippen LogP contribution is 2.31. The van der Waals surface area contributed by atoms with Gasteiger partial charge in [0.15, 0.2) is 0 Å². The lowest BCUT2D eigenvalue weighted by atomic mass is 10.2. The summed E-state index contributed by atoms with van der Waals surface area (Å²) in [6.45, 7) is 0. The summed E-state index contributed by atoms with van der Waals surface area (Å²) in [6, 6.07) is 16.4. The van der Waals surface area contributed by atoms with Gasteiger partial charge in [0.05, 0.1) is 15.4 Å². The van der Waals surface area contributed by atoms with Crippen LogP contribution in [-0.4, -0.2) is 0 Å². The molecule has 0 aliphatic rings. The van der Waals surface area contributed by atoms with E-state index in [-0.39, 0.29) is 0 Å². The van der Waals surface area contributed by atoms with Crippen molar-refractivity contribution in [3.63, 3.8) is 0 Å². The maximum absolute atomic E-state index is 6.30. The Hall–Kier alpha value is -1.35. The van der Waals surface area contributed by atoms with Crippen molar-refractivity contribution in [2.24, 2.45) is 0 Å². The van der Waals surface area contributed by atoms with E-state index in [4.69, 9.17) is 23.2 Å². The predicted octanol–water partition coefficient (Wildman–Crippen LogP) is 5.10. The number of fused-ring (bicyclic) bond motifs is 5. The van der Waals surface area contributed by atoms with Crippen LogP contribution in [0.5, 0.6) is 0 Å². The molecule has 4 rings (SSSR count). The van der Waals surface area contributed by atoms with Crippen molar-refractivity contribution in [3.05, 3.63) is 58.6 Å². The fraction of sp³-hybridized carbons (Fsp3) is 0. The molecule has 0 saturated carbocycles. The Kier molecular flexibility index (Phi) is 2.46. The van der Waals surface area contributed by atoms with Crippen LogP contribution in [0.2, 0.25) is 10.0 Å². The number of benzene rings is 2. The number of hydrogen-bond acceptors (Lipinski definition) is 1. The van der Waals surface area contributed by atoms with Crippen LogP contribution in [0.4, 0.5) is 0 Å². The van der Waals surface area contributed by atoms with Crippen molar-refractivity contribution in [3.8, 4) is 0 Å². The van der Waals surface area contributed by atoms with Gasteiger partial charge in [-0.3, -0.25) is 0 Å². The highest BCUT2D eigenvalue weighted by molar-refractivity contribution is 7.23. The molecule has 4 heteroatoms. The maximum Gasteiger partial charge on any atom is 0.268 e. The van der Waals surface area contributed by atoms with E-state index in [1.807, 2.05) is 18.2 Å². The third-order valence-electron chi connectivity index (χ3n) is 3.28. The van der Waals surface area contributed by atoms with Gasteiger partial charge in [-0.1, -0.05) is 46.7 Å². The fourth-order valence-corrected chi connectivity index (χ4v) is 3.87. The Morgan fingerprint density at radius 2 is 1.68 bits per heavy atom. The molecule has 0 aliphatic carbocycles. The quantitative estimate of drug-likeness (QED) is 0.398. The number of para-hydroxylation sites is 1. The van der Waals surface area contributed by atoms with Crippen molar-refractivity contribution < 1.29 is 4.40 Å². The summed E-state index contributed by atoms with van der Waals surface area (Å²) < 4.78 is 3.50. The third-order valence-corrected chi connectivity index (χ3v) is 5.20. The van der Waals surface area contributed by atoms with Crippen LogP contribution in [0.15, 0.2) is 48.5 Å². The van der Waals surface area contributed by atoms with Crippen LogP contribution in [0, 0.1) is 0 Å². The van der Waals surface area contributed by atoms with Gasteiger partial charge in [0.1, 0.15) is 4.70 Å². The monoisotopic (exact) mass is 304 g/mol. The fourth-order valence-electron chi connectivity index (χ4n) is 2.43. The van der Waals surface area contributed by atoms with Crippen LogP contribution in [0.25, 0.3) is 25.9 Å². The summed E-state index contributed by atoms with van der Waals surface area (Å²) in [7, 11) is 0. The minimum atomic E-state index is 0.591. The Morgan fingerprint density at radius 1 is 0.842 bits per heavy atom. The second-order valence-electron chi connectivity index (χ2n) is 4.37. The van der Waals surface area contributed by atoms with E-state index in [1.54, 1.807) is 11.3 Å². The van der Waals surface area contributed by atoms with E-state index in [0.29, 0.717) is 10.0 Å². The second kappa shape index (κ2) is 4.07. The SMILES string of the molecule is Clc1ccc2c(ccc3sc4ccccc4[n+]32)c1Cl. The molecule has 2 heterocycles. The van der Waals surface area contributed by atoms with E-state index in [1.165, 1.54) is 15.0 Å². The molecule has 92 valence electrons. The number of rotatable bonds is 0. The lowest BCUT2D eigenvalue weighted by Crippen LogP contribution is -2.20. The third kappa shape index (κ3) is 1.57. The zero-order valence-corrected chi connectivity index (χ0v) is 12.1. The van der Waals surface area contributed by atoms with Crippen molar-refractivity contribution in [1.29, 1.82) is 0 Å². The number of halogens is 2. The maximum atomic E-state index is 6.30. The van der Waals surface area contributed by atoms with Crippen LogP contribution >= 0.6 is 34.5 Å². The van der Waals surface area contributed by atoms with Gasteiger partial charge in [-0.15, -0.1) is 4.40 Å². The molecule has 0 bridgehead atoms. The van der Waals surface area contributed by atoms with Crippen molar-refractivity contribution in [2.75, 3.05) is 0 Å². The smallest absolute Gasteiger partial charge is 0.143 e. The van der Waals surface area contributed by atoms with E-state index in [0.717, 1.165) is 10.9 Å². The minimum Gasteiger partial charge on any atom is -0.143 e. The average molecular weight is 305 g/mol. The number of thiazole rings is 1. The highest BCUT2D eigenvalue weighted by Gasteiger charge is 2.18. The van der Waals surface area contributed by atoms with Gasteiger partial charge in [0, 0.05) is 18.2 Å². The first-order valence-corrected chi connectivity index (χ1v) is 7.43.